The maximum atomic E-state index is 5.19. The Morgan fingerprint density at radius 1 is 1.20 bits per heavy atom. The van der Waals surface area contributed by atoms with Crippen LogP contribution in [-0.2, 0) is 0 Å². The van der Waals surface area contributed by atoms with E-state index in [0.717, 1.165) is 2.70 Å². The average molecular weight is 300 g/mol. The molecule has 15 heavy (non-hydrogen) atoms. The van der Waals surface area contributed by atoms with Crippen LogP contribution in [0.3, 0.4) is 0 Å². The van der Waals surface area contributed by atoms with Gasteiger partial charge in [-0.2, -0.15) is 0 Å². The summed E-state index contributed by atoms with van der Waals surface area (Å²) < 4.78 is 1.13. The summed E-state index contributed by atoms with van der Waals surface area (Å²) in [5, 5.41) is 0. The molecule has 1 nitrogen and oxygen atoms in total. The monoisotopic (exact) mass is 301 g/mol. The second-order valence-electron chi connectivity index (χ2n) is 3.39. The zero-order chi connectivity index (χ0) is 10.8. The van der Waals surface area contributed by atoms with Crippen LogP contribution in [0.2, 0.25) is 0 Å². The molecule has 0 aliphatic rings. The van der Waals surface area contributed by atoms with Crippen molar-refractivity contribution in [3.63, 3.8) is 0 Å². The molecular formula is C11H11NS2Se. The summed E-state index contributed by atoms with van der Waals surface area (Å²) in [6.45, 7) is 0. The molecule has 0 spiro atoms. The molecular weight excluding hydrogens is 289 g/mol. The van der Waals surface area contributed by atoms with Gasteiger partial charge in [-0.05, 0) is 0 Å². The molecule has 0 radical (unpaired) electrons. The van der Waals surface area contributed by atoms with Crippen LogP contribution >= 0.6 is 23.6 Å². The van der Waals surface area contributed by atoms with Crippen molar-refractivity contribution in [1.82, 2.24) is 0 Å². The first-order valence-electron chi connectivity index (χ1n) is 4.53. The van der Waals surface area contributed by atoms with Crippen molar-refractivity contribution in [1.29, 1.82) is 0 Å². The number of benzene rings is 1. The molecule has 2 aromatic rings. The van der Waals surface area contributed by atoms with Gasteiger partial charge in [0.05, 0.1) is 0 Å². The number of nitrogens with zero attached hydrogens (tertiary/aromatic N) is 1. The molecule has 0 aliphatic carbocycles. The van der Waals surface area contributed by atoms with E-state index in [1.165, 1.54) is 16.1 Å². The Bertz CT molecular complexity index is 496. The number of hydrogen-bond donors (Lipinski definition) is 0. The van der Waals surface area contributed by atoms with Crippen molar-refractivity contribution in [2.75, 3.05) is 19.0 Å². The van der Waals surface area contributed by atoms with E-state index < -0.39 is 0 Å². The molecule has 0 N–H and O–H groups in total. The quantitative estimate of drug-likeness (QED) is 0.618. The zero-order valence-electron chi connectivity index (χ0n) is 8.56. The fourth-order valence-corrected chi connectivity index (χ4v) is 4.72. The van der Waals surface area contributed by atoms with Gasteiger partial charge in [-0.15, -0.1) is 0 Å². The molecule has 0 saturated carbocycles. The number of anilines is 1. The van der Waals surface area contributed by atoms with Gasteiger partial charge < -0.3 is 0 Å². The third kappa shape index (κ3) is 2.58. The van der Waals surface area contributed by atoms with Crippen LogP contribution in [0.4, 0.5) is 5.69 Å². The molecule has 0 unspecified atom stereocenters. The fourth-order valence-electron chi connectivity index (χ4n) is 1.29. The Morgan fingerprint density at radius 2 is 1.87 bits per heavy atom. The van der Waals surface area contributed by atoms with E-state index in [9.17, 15) is 0 Å². The molecule has 0 fully saturated rings. The second-order valence-corrected chi connectivity index (χ2v) is 8.12. The van der Waals surface area contributed by atoms with Crippen molar-refractivity contribution >= 4 is 43.7 Å². The van der Waals surface area contributed by atoms with Gasteiger partial charge in [0.25, 0.3) is 0 Å². The zero-order valence-corrected chi connectivity index (χ0v) is 11.9. The molecule has 0 saturated heterocycles. The van der Waals surface area contributed by atoms with Crippen LogP contribution in [0, 0.1) is 2.70 Å². The molecule has 0 aliphatic heterocycles. The van der Waals surface area contributed by atoms with Crippen LogP contribution in [0.1, 0.15) is 0 Å². The van der Waals surface area contributed by atoms with Gasteiger partial charge in [-0.3, -0.25) is 0 Å². The van der Waals surface area contributed by atoms with Crippen molar-refractivity contribution < 1.29 is 0 Å². The van der Waals surface area contributed by atoms with Crippen LogP contribution in [-0.4, -0.2) is 28.6 Å². The third-order valence-electron chi connectivity index (χ3n) is 2.12. The van der Waals surface area contributed by atoms with Gasteiger partial charge in [-0.1, -0.05) is 0 Å². The van der Waals surface area contributed by atoms with E-state index in [4.69, 9.17) is 12.2 Å². The van der Waals surface area contributed by atoms with E-state index >= 15 is 0 Å². The minimum absolute atomic E-state index is 0.412. The average Bonchev–Trinajstić information content (AvgIpc) is 2.65. The van der Waals surface area contributed by atoms with Crippen molar-refractivity contribution in [3.05, 3.63) is 31.9 Å². The first-order valence-corrected chi connectivity index (χ1v) is 7.60. The minimum atomic E-state index is 0.412. The summed E-state index contributed by atoms with van der Waals surface area (Å²) in [4.78, 5) is 5.70. The van der Waals surface area contributed by atoms with E-state index in [-0.39, 0.29) is 0 Å². The third-order valence-corrected chi connectivity index (χ3v) is 6.12. The fraction of sp³-hybridized carbons (Fsp3) is 0.182. The summed E-state index contributed by atoms with van der Waals surface area (Å²) in [7, 11) is 4.10. The molecule has 2 rings (SSSR count). The normalized spacial score (nSPS) is 10.3. The van der Waals surface area contributed by atoms with Crippen molar-refractivity contribution in [2.24, 2.45) is 0 Å². The predicted molar refractivity (Wildman–Crippen MR) is 71.9 cm³/mol. The Hall–Kier alpha value is -0.411. The topological polar surface area (TPSA) is 3.24 Å². The Kier molecular flexibility index (Phi) is 3.42. The summed E-state index contributed by atoms with van der Waals surface area (Å²) in [6, 6.07) is 8.62. The van der Waals surface area contributed by atoms with Crippen LogP contribution < -0.4 is 4.90 Å². The Balaban J connectivity index is 2.35. The van der Waals surface area contributed by atoms with Crippen LogP contribution in [0.15, 0.2) is 29.2 Å². The Labute approximate surface area is 105 Å². The summed E-state index contributed by atoms with van der Waals surface area (Å²) in [6.07, 6.45) is 0. The first kappa shape index (κ1) is 11.1. The van der Waals surface area contributed by atoms with Gasteiger partial charge in [-0.25, -0.2) is 0 Å². The molecule has 78 valence electrons. The van der Waals surface area contributed by atoms with Gasteiger partial charge in [0.1, 0.15) is 0 Å². The van der Waals surface area contributed by atoms with Crippen molar-refractivity contribution in [3.8, 4) is 10.4 Å². The maximum absolute atomic E-state index is 5.19. The molecule has 0 atom stereocenters. The molecule has 0 bridgehead atoms. The van der Waals surface area contributed by atoms with Crippen LogP contribution in [0.5, 0.6) is 0 Å². The van der Waals surface area contributed by atoms with Gasteiger partial charge in [0.15, 0.2) is 0 Å². The predicted octanol–water partition coefficient (Wildman–Crippen LogP) is 3.27. The summed E-state index contributed by atoms with van der Waals surface area (Å²) >= 11 is 7.35. The molecule has 1 heterocycles. The van der Waals surface area contributed by atoms with E-state index in [1.807, 2.05) is 0 Å². The number of rotatable bonds is 2. The number of hydrogen-bond acceptors (Lipinski definition) is 3. The standard InChI is InChI=1S/C11H11NS2Se/c1-12(2)9-5-3-8(4-6-9)10-7-15-11(13)14-10/h3-7H,1-2H3. The van der Waals surface area contributed by atoms with E-state index in [1.54, 1.807) is 11.3 Å². The van der Waals surface area contributed by atoms with E-state index in [2.05, 4.69) is 48.2 Å². The molecule has 1 aromatic carbocycles. The van der Waals surface area contributed by atoms with Crippen LogP contribution in [0.25, 0.3) is 10.4 Å². The Morgan fingerprint density at radius 3 is 2.33 bits per heavy atom. The summed E-state index contributed by atoms with van der Waals surface area (Å²) in [5.74, 6) is 0. The van der Waals surface area contributed by atoms with Crippen molar-refractivity contribution in [2.45, 2.75) is 0 Å². The van der Waals surface area contributed by atoms with Gasteiger partial charge in [0.2, 0.25) is 0 Å². The molecule has 4 heteroatoms. The first-order chi connectivity index (χ1) is 7.16. The van der Waals surface area contributed by atoms with Gasteiger partial charge >= 0.3 is 105 Å². The SMILES string of the molecule is CN(C)c1ccc(-c2c[se]c(=S)s2)cc1. The van der Waals surface area contributed by atoms with Gasteiger partial charge in [0, 0.05) is 0 Å². The molecule has 0 amide bonds. The second kappa shape index (κ2) is 4.62. The van der Waals surface area contributed by atoms with E-state index in [0.29, 0.717) is 14.5 Å². The molecule has 1 aromatic heterocycles. The summed E-state index contributed by atoms with van der Waals surface area (Å²) in [5.41, 5.74) is 2.52.